The number of amides is 3. The van der Waals surface area contributed by atoms with E-state index in [9.17, 15) is 9.59 Å². The Morgan fingerprint density at radius 1 is 1.06 bits per heavy atom. The van der Waals surface area contributed by atoms with Crippen LogP contribution in [0.25, 0.3) is 22.0 Å². The van der Waals surface area contributed by atoms with Gasteiger partial charge in [0.25, 0.3) is 5.91 Å². The maximum atomic E-state index is 12.1. The number of urea groups is 1. The molecule has 10 nitrogen and oxygen atoms in total. The number of rotatable bonds is 2. The van der Waals surface area contributed by atoms with Gasteiger partial charge in [0, 0.05) is 28.9 Å². The Morgan fingerprint density at radius 2 is 1.84 bits per heavy atom. The molecule has 2 saturated heterocycles. The van der Waals surface area contributed by atoms with Crippen molar-refractivity contribution in [3.8, 4) is 11.1 Å². The Balaban J connectivity index is 1.55. The molecule has 2 aliphatic heterocycles. The fraction of sp³-hybridized carbons (Fsp3) is 0.150. The van der Waals surface area contributed by atoms with Gasteiger partial charge >= 0.3 is 6.03 Å². The standard InChI is InChI=1S/C20H17BrN8O2/c21-15-16(22)28-25-8-13(12-5-11-3-1-2-4-14(11)23-6-12)7-24-17(15)29-9-20(10-29)18(30)26-19(31)27-20/h1-8,28H,9-10,22H2,(H2,26,27,30,31). The summed E-state index contributed by atoms with van der Waals surface area (Å²) in [6.07, 6.45) is 5.05. The minimum absolute atomic E-state index is 0.266. The summed E-state index contributed by atoms with van der Waals surface area (Å²) in [5.41, 5.74) is 7.60. The molecule has 0 unspecified atom stereocenters. The van der Waals surface area contributed by atoms with Gasteiger partial charge in [-0.3, -0.25) is 20.2 Å². The van der Waals surface area contributed by atoms with Crippen LogP contribution in [0.5, 0.6) is 0 Å². The topological polar surface area (TPSA) is 142 Å². The van der Waals surface area contributed by atoms with Crippen molar-refractivity contribution < 1.29 is 9.59 Å². The molecule has 11 heteroatoms. The van der Waals surface area contributed by atoms with Crippen LogP contribution in [-0.2, 0) is 4.79 Å². The summed E-state index contributed by atoms with van der Waals surface area (Å²) in [5.74, 6) is 0.439. The highest BCUT2D eigenvalue weighted by Crippen LogP contribution is 2.34. The lowest BCUT2D eigenvalue weighted by molar-refractivity contribution is -0.124. The molecule has 2 aliphatic rings. The van der Waals surface area contributed by atoms with Crippen LogP contribution >= 0.6 is 15.9 Å². The SMILES string of the molecule is Nc1[nH]ncc(-c2cnc3ccccc3c2)cnc(N2CC3(C2)NC(=O)NC3=O)c1Br. The fourth-order valence-corrected chi connectivity index (χ4v) is 4.11. The van der Waals surface area contributed by atoms with Crippen LogP contribution in [0, 0.1) is 0 Å². The van der Waals surface area contributed by atoms with Gasteiger partial charge < -0.3 is 16.0 Å². The number of nitrogens with one attached hydrogen (secondary N) is 3. The third kappa shape index (κ3) is 3.32. The lowest BCUT2D eigenvalue weighted by Crippen LogP contribution is -2.71. The first kappa shape index (κ1) is 19.2. The number of nitrogens with two attached hydrogens (primary N) is 1. The normalized spacial score (nSPS) is 16.6. The smallest absolute Gasteiger partial charge is 0.322 e. The second-order valence-corrected chi connectivity index (χ2v) is 8.19. The van der Waals surface area contributed by atoms with E-state index < -0.39 is 11.6 Å². The van der Waals surface area contributed by atoms with E-state index in [0.717, 1.165) is 22.0 Å². The molecule has 2 fully saturated rings. The van der Waals surface area contributed by atoms with Crippen LogP contribution in [0.4, 0.5) is 16.4 Å². The van der Waals surface area contributed by atoms with E-state index >= 15 is 0 Å². The number of benzene rings is 1. The van der Waals surface area contributed by atoms with Gasteiger partial charge in [-0.2, -0.15) is 5.10 Å². The van der Waals surface area contributed by atoms with Crippen molar-refractivity contribution in [2.75, 3.05) is 23.7 Å². The van der Waals surface area contributed by atoms with E-state index in [1.54, 1.807) is 18.6 Å². The summed E-state index contributed by atoms with van der Waals surface area (Å²) in [6, 6.07) is 9.35. The van der Waals surface area contributed by atoms with Crippen molar-refractivity contribution >= 4 is 50.4 Å². The van der Waals surface area contributed by atoms with Crippen LogP contribution in [0.2, 0.25) is 0 Å². The molecule has 5 rings (SSSR count). The predicted octanol–water partition coefficient (Wildman–Crippen LogP) is 1.89. The van der Waals surface area contributed by atoms with Gasteiger partial charge in [-0.25, -0.2) is 9.78 Å². The van der Waals surface area contributed by atoms with Gasteiger partial charge in [0.1, 0.15) is 16.1 Å². The van der Waals surface area contributed by atoms with Crippen molar-refractivity contribution in [3.05, 3.63) is 53.4 Å². The molecular weight excluding hydrogens is 464 g/mol. The zero-order valence-corrected chi connectivity index (χ0v) is 17.7. The largest absolute Gasteiger partial charge is 0.383 e. The minimum atomic E-state index is -0.946. The van der Waals surface area contributed by atoms with E-state index in [1.165, 1.54) is 0 Å². The zero-order valence-electron chi connectivity index (χ0n) is 16.1. The molecule has 31 heavy (non-hydrogen) atoms. The molecule has 156 valence electrons. The van der Waals surface area contributed by atoms with E-state index in [-0.39, 0.29) is 24.8 Å². The van der Waals surface area contributed by atoms with Crippen molar-refractivity contribution in [1.82, 2.24) is 30.8 Å². The van der Waals surface area contributed by atoms with Gasteiger partial charge in [0.05, 0.1) is 24.8 Å². The highest BCUT2D eigenvalue weighted by molar-refractivity contribution is 9.10. The molecule has 1 aromatic carbocycles. The van der Waals surface area contributed by atoms with Crippen molar-refractivity contribution in [2.45, 2.75) is 5.54 Å². The van der Waals surface area contributed by atoms with E-state index in [2.05, 4.69) is 46.7 Å². The maximum absolute atomic E-state index is 12.1. The number of anilines is 2. The van der Waals surface area contributed by atoms with Gasteiger partial charge in [-0.1, -0.05) is 18.2 Å². The average Bonchev–Trinajstić information content (AvgIpc) is 3.07. The van der Waals surface area contributed by atoms with Crippen LogP contribution in [0.1, 0.15) is 0 Å². The summed E-state index contributed by atoms with van der Waals surface area (Å²) in [4.78, 5) is 34.6. The molecule has 3 aromatic rings. The molecule has 4 heterocycles. The Labute approximate surface area is 184 Å². The third-order valence-corrected chi connectivity index (χ3v) is 6.09. The van der Waals surface area contributed by atoms with Gasteiger partial charge in [-0.15, -0.1) is 0 Å². The number of aromatic nitrogens is 4. The summed E-state index contributed by atoms with van der Waals surface area (Å²) < 4.78 is 0.498. The minimum Gasteiger partial charge on any atom is -0.383 e. The van der Waals surface area contributed by atoms with E-state index in [4.69, 9.17) is 5.73 Å². The number of fused-ring (bicyclic) bond motifs is 1. The maximum Gasteiger partial charge on any atom is 0.322 e. The molecule has 0 saturated carbocycles. The number of para-hydroxylation sites is 1. The van der Waals surface area contributed by atoms with Gasteiger partial charge in [0.15, 0.2) is 5.54 Å². The van der Waals surface area contributed by atoms with E-state index in [0.29, 0.717) is 10.3 Å². The molecule has 0 aliphatic carbocycles. The monoisotopic (exact) mass is 480 g/mol. The average molecular weight is 481 g/mol. The predicted molar refractivity (Wildman–Crippen MR) is 118 cm³/mol. The Hall–Kier alpha value is -3.73. The Kier molecular flexibility index (Phi) is 4.47. The summed E-state index contributed by atoms with van der Waals surface area (Å²) in [6.45, 7) is 0.542. The van der Waals surface area contributed by atoms with Crippen LogP contribution in [-0.4, -0.2) is 50.7 Å². The fourth-order valence-electron chi connectivity index (χ4n) is 3.67. The van der Waals surface area contributed by atoms with Crippen LogP contribution in [0.3, 0.4) is 0 Å². The zero-order chi connectivity index (χ0) is 21.6. The number of nitrogens with zero attached hydrogens (tertiary/aromatic N) is 4. The number of hydrogen-bond donors (Lipinski definition) is 4. The number of aromatic amines is 1. The quantitative estimate of drug-likeness (QED) is 0.410. The molecular formula is C20H17BrN8O2. The molecule has 1 spiro atoms. The highest BCUT2D eigenvalue weighted by atomic mass is 79.9. The van der Waals surface area contributed by atoms with Crippen LogP contribution < -0.4 is 21.3 Å². The summed E-state index contributed by atoms with van der Waals surface area (Å²) >= 11 is 3.46. The molecule has 2 aromatic heterocycles. The van der Waals surface area contributed by atoms with E-state index in [1.807, 2.05) is 35.2 Å². The lowest BCUT2D eigenvalue weighted by atomic mass is 9.90. The second-order valence-electron chi connectivity index (χ2n) is 7.40. The Bertz CT molecular complexity index is 1280. The number of hydrogen-bond acceptors (Lipinski definition) is 7. The molecule has 0 atom stereocenters. The number of imide groups is 1. The van der Waals surface area contributed by atoms with Gasteiger partial charge in [0.2, 0.25) is 0 Å². The van der Waals surface area contributed by atoms with Crippen molar-refractivity contribution in [3.63, 3.8) is 0 Å². The first-order chi connectivity index (χ1) is 14.9. The number of pyridine rings is 1. The molecule has 3 amide bonds. The number of carbonyl (C=O) groups is 2. The van der Waals surface area contributed by atoms with Crippen molar-refractivity contribution in [2.24, 2.45) is 0 Å². The highest BCUT2D eigenvalue weighted by Gasteiger charge is 2.55. The van der Waals surface area contributed by atoms with Crippen molar-refractivity contribution in [1.29, 1.82) is 0 Å². The summed E-state index contributed by atoms with van der Waals surface area (Å²) in [7, 11) is 0. The molecule has 5 N–H and O–H groups in total. The van der Waals surface area contributed by atoms with Crippen LogP contribution in [0.15, 0.2) is 53.4 Å². The number of carbonyl (C=O) groups excluding carboxylic acids is 2. The van der Waals surface area contributed by atoms with Gasteiger partial charge in [-0.05, 0) is 28.1 Å². The second kappa shape index (κ2) is 7.20. The number of H-pyrrole nitrogens is 1. The Morgan fingerprint density at radius 3 is 2.61 bits per heavy atom. The first-order valence-electron chi connectivity index (χ1n) is 9.42. The first-order valence-corrected chi connectivity index (χ1v) is 10.2. The summed E-state index contributed by atoms with van der Waals surface area (Å²) in [5, 5.41) is 12.9. The third-order valence-electron chi connectivity index (χ3n) is 5.31. The molecule has 0 radical (unpaired) electrons. The number of nitrogen functional groups attached to an aromatic ring is 1. The lowest BCUT2D eigenvalue weighted by Gasteiger charge is -2.46. The number of halogens is 1. The molecule has 0 bridgehead atoms.